The maximum Gasteiger partial charge on any atom is 0.323 e. The highest BCUT2D eigenvalue weighted by atomic mass is 35.5. The van der Waals surface area contributed by atoms with Crippen LogP contribution in [0.1, 0.15) is 25.1 Å². The highest BCUT2D eigenvalue weighted by Gasteiger charge is 2.33. The zero-order valence-electron chi connectivity index (χ0n) is 19.1. The number of nitrogens with zero attached hydrogens (tertiary/aromatic N) is 4. The van der Waals surface area contributed by atoms with Gasteiger partial charge in [0.15, 0.2) is 5.13 Å². The molecule has 176 valence electrons. The highest BCUT2D eigenvalue weighted by Crippen LogP contribution is 2.40. The van der Waals surface area contributed by atoms with Crippen LogP contribution < -0.4 is 10.6 Å². The number of pyridine rings is 1. The highest BCUT2D eigenvalue weighted by molar-refractivity contribution is 7.19. The predicted octanol–water partition coefficient (Wildman–Crippen LogP) is 4.28. The summed E-state index contributed by atoms with van der Waals surface area (Å²) in [6, 6.07) is 12.5. The Morgan fingerprint density at radius 3 is 2.82 bits per heavy atom. The Balaban J connectivity index is 1.68. The van der Waals surface area contributed by atoms with Crippen LogP contribution in [0.5, 0.6) is 0 Å². The third-order valence-corrected chi connectivity index (χ3v) is 6.82. The van der Waals surface area contributed by atoms with Gasteiger partial charge >= 0.3 is 6.03 Å². The van der Waals surface area contributed by atoms with Gasteiger partial charge in [0.1, 0.15) is 5.15 Å². The van der Waals surface area contributed by atoms with E-state index in [0.717, 1.165) is 21.7 Å². The van der Waals surface area contributed by atoms with Gasteiger partial charge in [-0.2, -0.15) is 5.26 Å². The summed E-state index contributed by atoms with van der Waals surface area (Å²) in [4.78, 5) is 24.5. The van der Waals surface area contributed by atoms with Gasteiger partial charge in [-0.3, -0.25) is 5.32 Å². The summed E-state index contributed by atoms with van der Waals surface area (Å²) in [5.41, 5.74) is 2.57. The summed E-state index contributed by atoms with van der Waals surface area (Å²) in [7, 11) is 0. The number of carbonyl (C=O) groups excluding carboxylic acids is 1. The number of nitriles is 1. The van der Waals surface area contributed by atoms with E-state index in [2.05, 4.69) is 21.7 Å². The van der Waals surface area contributed by atoms with Crippen molar-refractivity contribution < 1.29 is 9.90 Å². The molecule has 1 aromatic carbocycles. The van der Waals surface area contributed by atoms with E-state index in [9.17, 15) is 15.2 Å². The second-order valence-electron chi connectivity index (χ2n) is 8.75. The summed E-state index contributed by atoms with van der Waals surface area (Å²) in [6.07, 6.45) is 0. The lowest BCUT2D eigenvalue weighted by molar-refractivity contribution is 0.0174. The lowest BCUT2D eigenvalue weighted by atomic mass is 9.97. The molecule has 8 nitrogen and oxygen atoms in total. The van der Waals surface area contributed by atoms with E-state index in [1.54, 1.807) is 43.0 Å². The van der Waals surface area contributed by atoms with Gasteiger partial charge < -0.3 is 15.3 Å². The molecule has 1 fully saturated rings. The maximum atomic E-state index is 13.0. The maximum absolute atomic E-state index is 13.0. The van der Waals surface area contributed by atoms with Crippen molar-refractivity contribution in [3.05, 3.63) is 52.8 Å². The van der Waals surface area contributed by atoms with Crippen molar-refractivity contribution >= 4 is 34.1 Å². The molecular weight excluding hydrogens is 472 g/mol. The van der Waals surface area contributed by atoms with Gasteiger partial charge in [0.05, 0.1) is 33.8 Å². The van der Waals surface area contributed by atoms with Crippen molar-refractivity contribution in [3.63, 3.8) is 0 Å². The second kappa shape index (κ2) is 9.68. The number of benzene rings is 1. The average molecular weight is 497 g/mol. The molecule has 0 saturated carbocycles. The summed E-state index contributed by atoms with van der Waals surface area (Å²) >= 11 is 7.55. The Morgan fingerprint density at radius 2 is 2.12 bits per heavy atom. The number of nitrogens with one attached hydrogen (secondary N) is 2. The normalized spacial score (nSPS) is 16.2. The molecule has 1 saturated heterocycles. The van der Waals surface area contributed by atoms with E-state index >= 15 is 0 Å². The van der Waals surface area contributed by atoms with Crippen LogP contribution in [0.25, 0.3) is 21.7 Å². The molecule has 1 aliphatic rings. The quantitative estimate of drug-likeness (QED) is 0.464. The third kappa shape index (κ3) is 5.37. The van der Waals surface area contributed by atoms with Crippen molar-refractivity contribution in [1.29, 1.82) is 5.26 Å². The van der Waals surface area contributed by atoms with Gasteiger partial charge in [-0.1, -0.05) is 35.1 Å². The Kier molecular flexibility index (Phi) is 6.86. The lowest BCUT2D eigenvalue weighted by Crippen LogP contribution is -2.60. The number of amides is 2. The fourth-order valence-electron chi connectivity index (χ4n) is 3.84. The van der Waals surface area contributed by atoms with E-state index < -0.39 is 5.60 Å². The Bertz CT molecular complexity index is 1240. The zero-order valence-corrected chi connectivity index (χ0v) is 20.7. The summed E-state index contributed by atoms with van der Waals surface area (Å²) in [5.74, 6) is 0. The number of anilines is 1. The number of thiazole rings is 1. The fourth-order valence-corrected chi connectivity index (χ4v) is 5.05. The lowest BCUT2D eigenvalue weighted by Gasteiger charge is -2.39. The summed E-state index contributed by atoms with van der Waals surface area (Å²) in [6.45, 7) is 6.80. The third-order valence-electron chi connectivity index (χ3n) is 5.61. The zero-order chi connectivity index (χ0) is 24.5. The molecule has 0 spiro atoms. The molecule has 4 rings (SSSR count). The number of urea groups is 1. The van der Waals surface area contributed by atoms with Gasteiger partial charge in [-0.05, 0) is 50.6 Å². The standard InChI is InChI=1S/C24H25ClN6O2S/c1-14-9-17(11-19(25)28-14)21-20(16-6-4-5-15(10-16)12-26)29-22(34-21)30-23(32)31-8-7-27-18(13-31)24(2,3)33/h4-6,9-11,18,27,33H,7-8,13H2,1-3H3,(H,29,30,32)/t18-/m1/s1. The fraction of sp³-hybridized carbons (Fsp3) is 0.333. The molecule has 10 heteroatoms. The second-order valence-corrected chi connectivity index (χ2v) is 10.1. The number of hydrogen-bond donors (Lipinski definition) is 3. The molecule has 0 unspecified atom stereocenters. The molecular formula is C24H25ClN6O2S. The average Bonchev–Trinajstić information content (AvgIpc) is 3.22. The smallest absolute Gasteiger partial charge is 0.323 e. The molecule has 34 heavy (non-hydrogen) atoms. The molecule has 2 amide bonds. The predicted molar refractivity (Wildman–Crippen MR) is 134 cm³/mol. The molecule has 2 aromatic heterocycles. The Labute approximate surface area is 207 Å². The van der Waals surface area contributed by atoms with E-state index in [0.29, 0.717) is 41.2 Å². The van der Waals surface area contributed by atoms with E-state index in [1.807, 2.05) is 19.1 Å². The molecule has 0 aliphatic carbocycles. The van der Waals surface area contributed by atoms with Gasteiger partial charge in [-0.25, -0.2) is 14.8 Å². The van der Waals surface area contributed by atoms with Crippen LogP contribution in [0.15, 0.2) is 36.4 Å². The van der Waals surface area contributed by atoms with Gasteiger partial charge in [-0.15, -0.1) is 0 Å². The van der Waals surface area contributed by atoms with Gasteiger partial charge in [0.2, 0.25) is 0 Å². The van der Waals surface area contributed by atoms with Crippen LogP contribution in [-0.4, -0.2) is 57.3 Å². The number of aromatic nitrogens is 2. The molecule has 3 aromatic rings. The van der Waals surface area contributed by atoms with Crippen LogP contribution >= 0.6 is 22.9 Å². The van der Waals surface area contributed by atoms with Crippen molar-refractivity contribution in [1.82, 2.24) is 20.2 Å². The first-order chi connectivity index (χ1) is 16.1. The summed E-state index contributed by atoms with van der Waals surface area (Å²) in [5, 5.41) is 26.6. The molecule has 3 N–H and O–H groups in total. The van der Waals surface area contributed by atoms with Crippen LogP contribution in [0.2, 0.25) is 5.15 Å². The molecule has 0 bridgehead atoms. The Morgan fingerprint density at radius 1 is 1.32 bits per heavy atom. The molecule has 0 radical (unpaired) electrons. The minimum absolute atomic E-state index is 0.231. The first-order valence-electron chi connectivity index (χ1n) is 10.8. The topological polar surface area (TPSA) is 114 Å². The number of aliphatic hydroxyl groups is 1. The van der Waals surface area contributed by atoms with E-state index in [-0.39, 0.29) is 12.1 Å². The van der Waals surface area contributed by atoms with Crippen molar-refractivity contribution in [2.24, 2.45) is 0 Å². The number of carbonyl (C=O) groups is 1. The van der Waals surface area contributed by atoms with Crippen molar-refractivity contribution in [2.75, 3.05) is 25.0 Å². The Hall–Kier alpha value is -3.03. The van der Waals surface area contributed by atoms with Crippen molar-refractivity contribution in [2.45, 2.75) is 32.4 Å². The first-order valence-corrected chi connectivity index (χ1v) is 12.0. The van der Waals surface area contributed by atoms with Crippen LogP contribution in [0.3, 0.4) is 0 Å². The van der Waals surface area contributed by atoms with E-state index in [1.165, 1.54) is 11.3 Å². The SMILES string of the molecule is Cc1cc(-c2sc(NC(=O)N3CCN[C@@H](C(C)(C)O)C3)nc2-c2cccc(C#N)c2)cc(Cl)n1. The van der Waals surface area contributed by atoms with Crippen LogP contribution in [0.4, 0.5) is 9.93 Å². The summed E-state index contributed by atoms with van der Waals surface area (Å²) < 4.78 is 0. The monoisotopic (exact) mass is 496 g/mol. The van der Waals surface area contributed by atoms with Gasteiger partial charge in [0, 0.05) is 30.9 Å². The number of aryl methyl sites for hydroxylation is 1. The number of rotatable bonds is 4. The van der Waals surface area contributed by atoms with Gasteiger partial charge in [0.25, 0.3) is 0 Å². The number of halogens is 1. The molecule has 1 atom stereocenters. The molecule has 1 aliphatic heterocycles. The minimum Gasteiger partial charge on any atom is -0.389 e. The number of piperazine rings is 1. The van der Waals surface area contributed by atoms with Crippen LogP contribution in [-0.2, 0) is 0 Å². The first kappa shape index (κ1) is 24.1. The van der Waals surface area contributed by atoms with Crippen LogP contribution in [0, 0.1) is 18.3 Å². The number of hydrogen-bond acceptors (Lipinski definition) is 7. The molecule has 3 heterocycles. The largest absolute Gasteiger partial charge is 0.389 e. The van der Waals surface area contributed by atoms with Crippen molar-refractivity contribution in [3.8, 4) is 27.8 Å². The van der Waals surface area contributed by atoms with E-state index in [4.69, 9.17) is 16.6 Å². The minimum atomic E-state index is -0.954.